The van der Waals surface area contributed by atoms with Gasteiger partial charge >= 0.3 is 0 Å². The molecule has 1 aromatic carbocycles. The number of aldehydes is 1. The van der Waals surface area contributed by atoms with E-state index in [0.29, 0.717) is 6.42 Å². The van der Waals surface area contributed by atoms with Crippen molar-refractivity contribution in [2.45, 2.75) is 12.5 Å². The van der Waals surface area contributed by atoms with E-state index in [1.807, 2.05) is 30.3 Å². The van der Waals surface area contributed by atoms with Gasteiger partial charge in [0.1, 0.15) is 6.29 Å². The molecule has 0 aliphatic heterocycles. The second-order valence-electron chi connectivity index (χ2n) is 2.49. The summed E-state index contributed by atoms with van der Waals surface area (Å²) in [4.78, 5) is 10.2. The second kappa shape index (κ2) is 3.88. The molecule has 2 nitrogen and oxygen atoms in total. The highest BCUT2D eigenvalue weighted by Gasteiger charge is 1.99. The van der Waals surface area contributed by atoms with Crippen molar-refractivity contribution in [1.29, 1.82) is 0 Å². The molecule has 0 radical (unpaired) electrons. The average Bonchev–Trinajstić information content (AvgIpc) is 2.06. The van der Waals surface area contributed by atoms with E-state index in [-0.39, 0.29) is 6.04 Å². The van der Waals surface area contributed by atoms with Crippen LogP contribution in [0.3, 0.4) is 0 Å². The van der Waals surface area contributed by atoms with Gasteiger partial charge in [-0.25, -0.2) is 0 Å². The zero-order chi connectivity index (χ0) is 8.10. The van der Waals surface area contributed by atoms with Gasteiger partial charge in [-0.1, -0.05) is 30.3 Å². The van der Waals surface area contributed by atoms with E-state index in [1.54, 1.807) is 0 Å². The lowest BCUT2D eigenvalue weighted by atomic mass is 10.1. The molecule has 0 aromatic heterocycles. The van der Waals surface area contributed by atoms with Crippen LogP contribution in [0.15, 0.2) is 30.3 Å². The van der Waals surface area contributed by atoms with Gasteiger partial charge in [-0.3, -0.25) is 0 Å². The Labute approximate surface area is 66.0 Å². The van der Waals surface area contributed by atoms with Crippen molar-refractivity contribution in [2.24, 2.45) is 5.73 Å². The number of hydrogen-bond acceptors (Lipinski definition) is 2. The van der Waals surface area contributed by atoms with Gasteiger partial charge in [-0.05, 0) is 12.0 Å². The van der Waals surface area contributed by atoms with E-state index in [9.17, 15) is 4.79 Å². The van der Waals surface area contributed by atoms with Crippen LogP contribution in [-0.4, -0.2) is 12.3 Å². The Balaban J connectivity index is 2.57. The van der Waals surface area contributed by atoms with Gasteiger partial charge in [0.2, 0.25) is 0 Å². The molecule has 0 saturated heterocycles. The molecule has 0 aliphatic carbocycles. The molecule has 0 saturated carbocycles. The zero-order valence-corrected chi connectivity index (χ0v) is 6.23. The lowest BCUT2D eigenvalue weighted by Crippen LogP contribution is -2.23. The van der Waals surface area contributed by atoms with Crippen molar-refractivity contribution >= 4 is 6.29 Å². The fourth-order valence-corrected chi connectivity index (χ4v) is 0.934. The zero-order valence-electron chi connectivity index (χ0n) is 6.23. The molecular weight excluding hydrogens is 138 g/mol. The summed E-state index contributed by atoms with van der Waals surface area (Å²) in [6, 6.07) is 9.37. The van der Waals surface area contributed by atoms with Crippen LogP contribution in [0.25, 0.3) is 0 Å². The summed E-state index contributed by atoms with van der Waals surface area (Å²) in [6.45, 7) is 0. The first-order chi connectivity index (χ1) is 5.33. The van der Waals surface area contributed by atoms with E-state index in [4.69, 9.17) is 5.73 Å². The molecular formula is C9H11NO. The molecule has 2 N–H and O–H groups in total. The molecule has 1 unspecified atom stereocenters. The maximum Gasteiger partial charge on any atom is 0.137 e. The molecule has 0 spiro atoms. The van der Waals surface area contributed by atoms with E-state index >= 15 is 0 Å². The Bertz CT molecular complexity index is 220. The fraction of sp³-hybridized carbons (Fsp3) is 0.222. The first kappa shape index (κ1) is 7.95. The third-order valence-electron chi connectivity index (χ3n) is 1.49. The SMILES string of the molecule is NC(C=O)Cc1ccccc1. The number of carbonyl (C=O) groups is 1. The Morgan fingerprint density at radius 3 is 2.55 bits per heavy atom. The summed E-state index contributed by atoms with van der Waals surface area (Å²) in [7, 11) is 0. The summed E-state index contributed by atoms with van der Waals surface area (Å²) in [5, 5.41) is 0. The van der Waals surface area contributed by atoms with Crippen LogP contribution < -0.4 is 5.73 Å². The molecule has 1 rings (SSSR count). The summed E-state index contributed by atoms with van der Waals surface area (Å²) in [5.74, 6) is 0. The Morgan fingerprint density at radius 2 is 2.00 bits per heavy atom. The maximum absolute atomic E-state index is 10.2. The number of hydrogen-bond donors (Lipinski definition) is 1. The van der Waals surface area contributed by atoms with Gasteiger partial charge in [-0.15, -0.1) is 0 Å². The molecule has 0 amide bonds. The molecule has 0 aliphatic rings. The van der Waals surface area contributed by atoms with Gasteiger partial charge in [0.15, 0.2) is 0 Å². The summed E-state index contributed by atoms with van der Waals surface area (Å²) in [5.41, 5.74) is 6.54. The van der Waals surface area contributed by atoms with E-state index < -0.39 is 0 Å². The van der Waals surface area contributed by atoms with Crippen LogP contribution in [0.5, 0.6) is 0 Å². The molecule has 1 atom stereocenters. The first-order valence-electron chi connectivity index (χ1n) is 3.57. The van der Waals surface area contributed by atoms with Crippen molar-refractivity contribution in [3.8, 4) is 0 Å². The quantitative estimate of drug-likeness (QED) is 0.644. The topological polar surface area (TPSA) is 43.1 Å². The number of benzene rings is 1. The molecule has 0 fully saturated rings. The minimum Gasteiger partial charge on any atom is -0.321 e. The molecule has 58 valence electrons. The van der Waals surface area contributed by atoms with Crippen molar-refractivity contribution in [1.82, 2.24) is 0 Å². The van der Waals surface area contributed by atoms with Crippen LogP contribution in [0.1, 0.15) is 5.56 Å². The predicted octanol–water partition coefficient (Wildman–Crippen LogP) is 0.755. The van der Waals surface area contributed by atoms with Crippen LogP contribution in [0.4, 0.5) is 0 Å². The number of carbonyl (C=O) groups excluding carboxylic acids is 1. The Hall–Kier alpha value is -1.15. The van der Waals surface area contributed by atoms with Crippen LogP contribution in [-0.2, 0) is 11.2 Å². The highest BCUT2D eigenvalue weighted by atomic mass is 16.1. The van der Waals surface area contributed by atoms with Gasteiger partial charge in [0.25, 0.3) is 0 Å². The van der Waals surface area contributed by atoms with Gasteiger partial charge in [0, 0.05) is 0 Å². The number of nitrogens with two attached hydrogens (primary N) is 1. The molecule has 2 heteroatoms. The minimum atomic E-state index is -0.364. The summed E-state index contributed by atoms with van der Waals surface area (Å²) < 4.78 is 0. The smallest absolute Gasteiger partial charge is 0.137 e. The highest BCUT2D eigenvalue weighted by molar-refractivity contribution is 5.57. The van der Waals surface area contributed by atoms with E-state index in [0.717, 1.165) is 11.8 Å². The summed E-state index contributed by atoms with van der Waals surface area (Å²) >= 11 is 0. The Kier molecular flexibility index (Phi) is 2.81. The third-order valence-corrected chi connectivity index (χ3v) is 1.49. The van der Waals surface area contributed by atoms with Gasteiger partial charge in [0.05, 0.1) is 6.04 Å². The van der Waals surface area contributed by atoms with Gasteiger partial charge < -0.3 is 10.5 Å². The highest BCUT2D eigenvalue weighted by Crippen LogP contribution is 1.99. The van der Waals surface area contributed by atoms with E-state index in [2.05, 4.69) is 0 Å². The maximum atomic E-state index is 10.2. The summed E-state index contributed by atoms with van der Waals surface area (Å²) in [6.07, 6.45) is 1.40. The van der Waals surface area contributed by atoms with Crippen LogP contribution >= 0.6 is 0 Å². The first-order valence-corrected chi connectivity index (χ1v) is 3.57. The molecule has 11 heavy (non-hydrogen) atoms. The standard InChI is InChI=1S/C9H11NO/c10-9(7-11)6-8-4-2-1-3-5-8/h1-5,7,9H,6,10H2. The van der Waals surface area contributed by atoms with Crippen molar-refractivity contribution in [2.75, 3.05) is 0 Å². The Morgan fingerprint density at radius 1 is 1.36 bits per heavy atom. The molecule has 1 aromatic rings. The lowest BCUT2D eigenvalue weighted by molar-refractivity contribution is -0.108. The largest absolute Gasteiger partial charge is 0.321 e. The van der Waals surface area contributed by atoms with Gasteiger partial charge in [-0.2, -0.15) is 0 Å². The fourth-order valence-electron chi connectivity index (χ4n) is 0.934. The van der Waals surface area contributed by atoms with Crippen LogP contribution in [0, 0.1) is 0 Å². The number of rotatable bonds is 3. The minimum absolute atomic E-state index is 0.364. The average molecular weight is 149 g/mol. The van der Waals surface area contributed by atoms with E-state index in [1.165, 1.54) is 0 Å². The molecule has 0 bridgehead atoms. The normalized spacial score (nSPS) is 12.5. The van der Waals surface area contributed by atoms with Crippen molar-refractivity contribution < 1.29 is 4.79 Å². The lowest BCUT2D eigenvalue weighted by Gasteiger charge is -2.02. The monoisotopic (exact) mass is 149 g/mol. The molecule has 0 heterocycles. The van der Waals surface area contributed by atoms with Crippen molar-refractivity contribution in [3.63, 3.8) is 0 Å². The van der Waals surface area contributed by atoms with Crippen LogP contribution in [0.2, 0.25) is 0 Å². The predicted molar refractivity (Wildman–Crippen MR) is 44.2 cm³/mol. The second-order valence-corrected chi connectivity index (χ2v) is 2.49. The van der Waals surface area contributed by atoms with Crippen molar-refractivity contribution in [3.05, 3.63) is 35.9 Å². The third kappa shape index (κ3) is 2.51.